The van der Waals surface area contributed by atoms with Crippen LogP contribution in [0.25, 0.3) is 0 Å². The zero-order valence-corrected chi connectivity index (χ0v) is 16.7. The van der Waals surface area contributed by atoms with Gasteiger partial charge in [0.15, 0.2) is 0 Å². The fourth-order valence-corrected chi connectivity index (χ4v) is 6.99. The predicted octanol–water partition coefficient (Wildman–Crippen LogP) is 1.76. The smallest absolute Gasteiger partial charge is 0.327 e. The average Bonchev–Trinajstić information content (AvgIpc) is 2.74. The molecule has 0 spiro atoms. The second-order valence-electron chi connectivity index (χ2n) is 10.1. The molecule has 5 fully saturated rings. The van der Waals surface area contributed by atoms with E-state index in [4.69, 9.17) is 4.74 Å². The van der Waals surface area contributed by atoms with Crippen molar-refractivity contribution in [3.63, 3.8) is 0 Å². The number of nitrogens with zero attached hydrogens (tertiary/aromatic N) is 2. The molecule has 4 bridgehead atoms. The molecule has 1 aliphatic heterocycles. The lowest BCUT2D eigenvalue weighted by Gasteiger charge is -2.65. The van der Waals surface area contributed by atoms with E-state index in [1.165, 1.54) is 24.2 Å². The number of amides is 4. The van der Waals surface area contributed by atoms with Gasteiger partial charge in [0.2, 0.25) is 5.91 Å². The number of hydrogen-bond acceptors (Lipinski definition) is 4. The Morgan fingerprint density at radius 1 is 1.15 bits per heavy atom. The second-order valence-corrected chi connectivity index (χ2v) is 10.1. The van der Waals surface area contributed by atoms with Crippen LogP contribution in [0.1, 0.15) is 52.4 Å². The number of rotatable bonds is 6. The third-order valence-electron chi connectivity index (χ3n) is 6.94. The molecule has 0 radical (unpaired) electrons. The minimum atomic E-state index is -0.415. The Hall–Kier alpha value is -1.63. The summed E-state index contributed by atoms with van der Waals surface area (Å²) in [5.74, 6) is 0.124. The van der Waals surface area contributed by atoms with Crippen LogP contribution in [-0.2, 0) is 14.3 Å². The highest BCUT2D eigenvalue weighted by Crippen LogP contribution is 2.67. The molecule has 4 amide bonds. The molecule has 4 aliphatic carbocycles. The van der Waals surface area contributed by atoms with Gasteiger partial charge in [0, 0.05) is 13.6 Å². The van der Waals surface area contributed by atoms with Crippen molar-refractivity contribution in [2.75, 3.05) is 33.3 Å². The van der Waals surface area contributed by atoms with Crippen molar-refractivity contribution in [2.45, 2.75) is 58.0 Å². The zero-order valence-electron chi connectivity index (χ0n) is 16.7. The quantitative estimate of drug-likeness (QED) is 0.565. The van der Waals surface area contributed by atoms with Crippen molar-refractivity contribution in [2.24, 2.45) is 16.7 Å². The predicted molar refractivity (Wildman–Crippen MR) is 98.8 cm³/mol. The van der Waals surface area contributed by atoms with Crippen molar-refractivity contribution >= 4 is 17.8 Å². The van der Waals surface area contributed by atoms with Crippen molar-refractivity contribution in [3.8, 4) is 0 Å². The number of carbonyl (C=O) groups excluding carboxylic acids is 3. The molecule has 0 aromatic rings. The molecule has 7 nitrogen and oxygen atoms in total. The monoisotopic (exact) mass is 377 g/mol. The molecule has 2 unspecified atom stereocenters. The first kappa shape index (κ1) is 18.7. The third kappa shape index (κ3) is 3.46. The molecule has 5 aliphatic rings. The van der Waals surface area contributed by atoms with E-state index in [0.29, 0.717) is 24.0 Å². The average molecular weight is 377 g/mol. The van der Waals surface area contributed by atoms with E-state index in [0.717, 1.165) is 30.1 Å². The summed E-state index contributed by atoms with van der Waals surface area (Å²) in [5, 5.41) is 2.79. The van der Waals surface area contributed by atoms with Gasteiger partial charge in [-0.05, 0) is 55.3 Å². The molecule has 0 aromatic carbocycles. The fourth-order valence-electron chi connectivity index (χ4n) is 6.99. The lowest BCUT2D eigenvalue weighted by Crippen LogP contribution is -2.59. The molecule has 2 atom stereocenters. The first-order valence-electron chi connectivity index (χ1n) is 10.1. The Balaban J connectivity index is 1.25. The number of likely N-dealkylation sites (N-methyl/N-ethyl adjacent to an activating group) is 1. The number of carbonyl (C=O) groups is 3. The Morgan fingerprint density at radius 3 is 2.37 bits per heavy atom. The van der Waals surface area contributed by atoms with Crippen LogP contribution in [0.2, 0.25) is 0 Å². The molecule has 1 N–H and O–H groups in total. The Bertz CT molecular complexity index is 660. The van der Waals surface area contributed by atoms with E-state index in [1.54, 1.807) is 7.05 Å². The normalized spacial score (nSPS) is 40.2. The number of ether oxygens (including phenoxy) is 1. The summed E-state index contributed by atoms with van der Waals surface area (Å²) in [4.78, 5) is 38.0. The standard InChI is InChI=1S/C20H31N3O4/c1-18-6-14-7-19(2,11-18)13-20(8-14,12-18)27-5-4-21-15(24)9-23-16(25)10-22(3)17(23)26/h14H,4-13H2,1-3H3,(H,21,24). The summed E-state index contributed by atoms with van der Waals surface area (Å²) in [6.45, 7) is 5.53. The van der Waals surface area contributed by atoms with Gasteiger partial charge in [-0.2, -0.15) is 0 Å². The molecule has 27 heavy (non-hydrogen) atoms. The van der Waals surface area contributed by atoms with Crippen LogP contribution in [0, 0.1) is 16.7 Å². The van der Waals surface area contributed by atoms with E-state index in [1.807, 2.05) is 0 Å². The summed E-state index contributed by atoms with van der Waals surface area (Å²) in [7, 11) is 1.55. The van der Waals surface area contributed by atoms with Gasteiger partial charge in [0.25, 0.3) is 5.91 Å². The molecule has 0 aromatic heterocycles. The fraction of sp³-hybridized carbons (Fsp3) is 0.850. The molecular weight excluding hydrogens is 346 g/mol. The Labute approximate surface area is 160 Å². The van der Waals surface area contributed by atoms with Crippen LogP contribution in [0.4, 0.5) is 4.79 Å². The van der Waals surface area contributed by atoms with E-state index < -0.39 is 6.03 Å². The highest BCUT2D eigenvalue weighted by atomic mass is 16.5. The van der Waals surface area contributed by atoms with E-state index in [9.17, 15) is 14.4 Å². The van der Waals surface area contributed by atoms with Crippen LogP contribution in [0.15, 0.2) is 0 Å². The topological polar surface area (TPSA) is 79.0 Å². The Kier molecular flexibility index (Phi) is 4.29. The minimum Gasteiger partial charge on any atom is -0.373 e. The highest BCUT2D eigenvalue weighted by molar-refractivity contribution is 6.04. The molecule has 4 saturated carbocycles. The van der Waals surface area contributed by atoms with Crippen LogP contribution in [0.3, 0.4) is 0 Å². The molecule has 1 saturated heterocycles. The maximum absolute atomic E-state index is 12.1. The van der Waals surface area contributed by atoms with E-state index >= 15 is 0 Å². The van der Waals surface area contributed by atoms with Gasteiger partial charge in [0.1, 0.15) is 13.1 Å². The number of urea groups is 1. The van der Waals surface area contributed by atoms with Crippen molar-refractivity contribution in [1.82, 2.24) is 15.1 Å². The lowest BCUT2D eigenvalue weighted by molar-refractivity contribution is -0.213. The number of nitrogens with one attached hydrogen (secondary N) is 1. The van der Waals surface area contributed by atoms with Gasteiger partial charge >= 0.3 is 6.03 Å². The van der Waals surface area contributed by atoms with Gasteiger partial charge in [0.05, 0.1) is 12.2 Å². The van der Waals surface area contributed by atoms with E-state index in [-0.39, 0.29) is 30.5 Å². The van der Waals surface area contributed by atoms with Crippen LogP contribution in [-0.4, -0.2) is 66.5 Å². The van der Waals surface area contributed by atoms with Crippen LogP contribution < -0.4 is 5.32 Å². The molecule has 150 valence electrons. The van der Waals surface area contributed by atoms with Gasteiger partial charge < -0.3 is 15.0 Å². The summed E-state index contributed by atoms with van der Waals surface area (Å²) < 4.78 is 6.38. The second kappa shape index (κ2) is 6.19. The van der Waals surface area contributed by atoms with Crippen molar-refractivity contribution in [3.05, 3.63) is 0 Å². The largest absolute Gasteiger partial charge is 0.373 e. The lowest BCUT2D eigenvalue weighted by atomic mass is 9.43. The highest BCUT2D eigenvalue weighted by Gasteiger charge is 2.60. The molecular formula is C20H31N3O4. The SMILES string of the molecule is CN1CC(=O)N(CC(=O)NCCOC23CC4CC(C)(CC(C)(C4)C2)C3)C1=O. The van der Waals surface area contributed by atoms with Crippen LogP contribution in [0.5, 0.6) is 0 Å². The number of hydrogen-bond donors (Lipinski definition) is 1. The van der Waals surface area contributed by atoms with Gasteiger partial charge in [-0.3, -0.25) is 14.5 Å². The summed E-state index contributed by atoms with van der Waals surface area (Å²) in [6.07, 6.45) is 7.37. The summed E-state index contributed by atoms with van der Waals surface area (Å²) >= 11 is 0. The third-order valence-corrected chi connectivity index (χ3v) is 6.94. The van der Waals surface area contributed by atoms with Crippen molar-refractivity contribution in [1.29, 1.82) is 0 Å². The molecule has 5 rings (SSSR count). The maximum Gasteiger partial charge on any atom is 0.327 e. The van der Waals surface area contributed by atoms with Crippen molar-refractivity contribution < 1.29 is 19.1 Å². The van der Waals surface area contributed by atoms with Gasteiger partial charge in [-0.15, -0.1) is 0 Å². The first-order chi connectivity index (χ1) is 12.6. The number of imide groups is 1. The minimum absolute atomic E-state index is 0.0305. The Morgan fingerprint density at radius 2 is 1.81 bits per heavy atom. The van der Waals surface area contributed by atoms with Gasteiger partial charge in [-0.1, -0.05) is 13.8 Å². The van der Waals surface area contributed by atoms with E-state index in [2.05, 4.69) is 19.2 Å². The molecule has 7 heteroatoms. The molecule has 1 heterocycles. The summed E-state index contributed by atoms with van der Waals surface area (Å²) in [5.41, 5.74) is 0.775. The maximum atomic E-state index is 12.1. The first-order valence-corrected chi connectivity index (χ1v) is 10.1. The van der Waals surface area contributed by atoms with Gasteiger partial charge in [-0.25, -0.2) is 4.79 Å². The van der Waals surface area contributed by atoms with Crippen LogP contribution >= 0.6 is 0 Å². The zero-order chi connectivity index (χ0) is 19.4. The summed E-state index contributed by atoms with van der Waals surface area (Å²) in [6, 6.07) is -0.415.